The summed E-state index contributed by atoms with van der Waals surface area (Å²) < 4.78 is 15.5. The molecule has 156 valence electrons. The van der Waals surface area contributed by atoms with E-state index in [1.807, 2.05) is 42.5 Å². The molecule has 0 aliphatic carbocycles. The first kappa shape index (κ1) is 21.3. The summed E-state index contributed by atoms with van der Waals surface area (Å²) in [6.45, 7) is 0.627. The van der Waals surface area contributed by atoms with Crippen molar-refractivity contribution in [3.8, 4) is 17.1 Å². The lowest BCUT2D eigenvalue weighted by atomic mass is 10.0. The third-order valence-corrected chi connectivity index (χ3v) is 4.62. The molecule has 1 aromatic heterocycles. The van der Waals surface area contributed by atoms with Crippen molar-refractivity contribution in [1.82, 2.24) is 10.1 Å². The summed E-state index contributed by atoms with van der Waals surface area (Å²) in [6.07, 6.45) is 4.55. The molecule has 0 saturated carbocycles. The van der Waals surface area contributed by atoms with E-state index in [-0.39, 0.29) is 5.97 Å². The molecule has 1 heterocycles. The van der Waals surface area contributed by atoms with E-state index in [1.165, 1.54) is 7.11 Å². The number of nitrogens with two attached hydrogens (primary N) is 1. The molecule has 7 nitrogen and oxygen atoms in total. The molecule has 0 saturated heterocycles. The molecule has 0 spiro atoms. The molecule has 0 unspecified atom stereocenters. The maximum atomic E-state index is 11.6. The van der Waals surface area contributed by atoms with Gasteiger partial charge in [0.1, 0.15) is 5.75 Å². The highest BCUT2D eigenvalue weighted by Gasteiger charge is 2.14. The van der Waals surface area contributed by atoms with Crippen LogP contribution in [0.5, 0.6) is 5.75 Å². The first-order valence-corrected chi connectivity index (χ1v) is 9.72. The summed E-state index contributed by atoms with van der Waals surface area (Å²) in [6, 6.07) is 14.6. The van der Waals surface area contributed by atoms with Crippen LogP contribution in [-0.4, -0.2) is 36.9 Å². The van der Waals surface area contributed by atoms with Crippen LogP contribution >= 0.6 is 0 Å². The number of ether oxygens (including phenoxy) is 2. The highest BCUT2D eigenvalue weighted by atomic mass is 16.5. The number of carbonyl (C=O) groups is 1. The molecule has 3 rings (SSSR count). The van der Waals surface area contributed by atoms with Crippen molar-refractivity contribution in [3.63, 3.8) is 0 Å². The van der Waals surface area contributed by atoms with Gasteiger partial charge in [-0.3, -0.25) is 0 Å². The van der Waals surface area contributed by atoms with Crippen molar-refractivity contribution in [2.45, 2.75) is 19.3 Å². The Balaban J connectivity index is 1.86. The molecule has 0 radical (unpaired) electrons. The van der Waals surface area contributed by atoms with Gasteiger partial charge in [-0.15, -0.1) is 0 Å². The number of hydrogen-bond acceptors (Lipinski definition) is 7. The highest BCUT2D eigenvalue weighted by Crippen LogP contribution is 2.26. The molecule has 0 fully saturated rings. The lowest BCUT2D eigenvalue weighted by Gasteiger charge is -2.04. The number of aromatic nitrogens is 2. The third-order valence-electron chi connectivity index (χ3n) is 4.62. The quantitative estimate of drug-likeness (QED) is 0.419. The van der Waals surface area contributed by atoms with Crippen LogP contribution in [0.2, 0.25) is 0 Å². The van der Waals surface area contributed by atoms with Gasteiger partial charge in [0.2, 0.25) is 5.82 Å². The standard InChI is InChI=1S/C23H25N3O4/c1-28-20-12-10-17(11-13-20)21-25-22(30-26-21)19(5-3-4-14-24)15-16-6-8-18(9-7-16)23(27)29-2/h6-13,15H,3-5,14,24H2,1-2H3/b19-15+. The van der Waals surface area contributed by atoms with Gasteiger partial charge in [0.25, 0.3) is 5.89 Å². The van der Waals surface area contributed by atoms with Crippen molar-refractivity contribution < 1.29 is 18.8 Å². The van der Waals surface area contributed by atoms with Gasteiger partial charge in [-0.25, -0.2) is 4.79 Å². The smallest absolute Gasteiger partial charge is 0.337 e. The van der Waals surface area contributed by atoms with Crippen molar-refractivity contribution in [2.75, 3.05) is 20.8 Å². The van der Waals surface area contributed by atoms with Crippen LogP contribution < -0.4 is 10.5 Å². The molecule has 7 heteroatoms. The van der Waals surface area contributed by atoms with Gasteiger partial charge in [-0.2, -0.15) is 4.98 Å². The molecule has 0 bridgehead atoms. The van der Waals surface area contributed by atoms with E-state index < -0.39 is 0 Å². The second kappa shape index (κ2) is 10.4. The Bertz CT molecular complexity index is 992. The van der Waals surface area contributed by atoms with E-state index in [1.54, 1.807) is 19.2 Å². The van der Waals surface area contributed by atoms with Crippen LogP contribution in [0.1, 0.15) is 41.1 Å². The van der Waals surface area contributed by atoms with Crippen LogP contribution in [0, 0.1) is 0 Å². The summed E-state index contributed by atoms with van der Waals surface area (Å²) in [7, 11) is 2.99. The van der Waals surface area contributed by atoms with E-state index in [4.69, 9.17) is 19.7 Å². The van der Waals surface area contributed by atoms with E-state index in [9.17, 15) is 4.79 Å². The van der Waals surface area contributed by atoms with Crippen LogP contribution in [0.4, 0.5) is 0 Å². The average Bonchev–Trinajstić information content (AvgIpc) is 3.29. The molecule has 0 amide bonds. The summed E-state index contributed by atoms with van der Waals surface area (Å²) in [5, 5.41) is 4.13. The molecule has 0 aliphatic heterocycles. The maximum absolute atomic E-state index is 11.6. The summed E-state index contributed by atoms with van der Waals surface area (Å²) in [5.41, 5.74) is 8.83. The Labute approximate surface area is 175 Å². The first-order chi connectivity index (χ1) is 14.6. The van der Waals surface area contributed by atoms with Crippen LogP contribution in [0.3, 0.4) is 0 Å². The number of unbranched alkanes of at least 4 members (excludes halogenated alkanes) is 1. The van der Waals surface area contributed by atoms with Gasteiger partial charge in [0.05, 0.1) is 19.8 Å². The lowest BCUT2D eigenvalue weighted by Crippen LogP contribution is -2.00. The fourth-order valence-electron chi connectivity index (χ4n) is 2.95. The molecule has 2 N–H and O–H groups in total. The van der Waals surface area contributed by atoms with E-state index in [2.05, 4.69) is 10.1 Å². The number of nitrogens with zero attached hydrogens (tertiary/aromatic N) is 2. The van der Waals surface area contributed by atoms with Crippen LogP contribution in [0.15, 0.2) is 53.1 Å². The Morgan fingerprint density at radius 2 is 1.80 bits per heavy atom. The van der Waals surface area contributed by atoms with Gasteiger partial charge in [-0.1, -0.05) is 17.3 Å². The Hall–Kier alpha value is -3.45. The molecule has 0 aliphatic rings. The molecular formula is C23H25N3O4. The van der Waals surface area contributed by atoms with Crippen LogP contribution in [-0.2, 0) is 4.74 Å². The fourth-order valence-corrected chi connectivity index (χ4v) is 2.95. The van der Waals surface area contributed by atoms with Gasteiger partial charge in [0, 0.05) is 11.1 Å². The normalized spacial score (nSPS) is 11.4. The Kier molecular flexibility index (Phi) is 7.34. The zero-order chi connectivity index (χ0) is 21.3. The highest BCUT2D eigenvalue weighted by molar-refractivity contribution is 5.90. The number of rotatable bonds is 9. The number of carbonyl (C=O) groups excluding carboxylic acids is 1. The van der Waals surface area contributed by atoms with E-state index in [0.29, 0.717) is 23.8 Å². The van der Waals surface area contributed by atoms with Gasteiger partial charge in [0.15, 0.2) is 0 Å². The SMILES string of the molecule is COC(=O)c1ccc(/C=C(\CCCCN)c2nc(-c3ccc(OC)cc3)no2)cc1. The largest absolute Gasteiger partial charge is 0.497 e. The minimum atomic E-state index is -0.366. The zero-order valence-electron chi connectivity index (χ0n) is 17.1. The minimum Gasteiger partial charge on any atom is -0.497 e. The maximum Gasteiger partial charge on any atom is 0.337 e. The van der Waals surface area contributed by atoms with Crippen molar-refractivity contribution in [2.24, 2.45) is 5.73 Å². The predicted octanol–water partition coefficient (Wildman–Crippen LogP) is 4.20. The van der Waals surface area contributed by atoms with Gasteiger partial charge in [-0.05, 0) is 73.8 Å². The number of esters is 1. The van der Waals surface area contributed by atoms with E-state index in [0.717, 1.165) is 41.7 Å². The van der Waals surface area contributed by atoms with Crippen LogP contribution in [0.25, 0.3) is 23.0 Å². The molecular weight excluding hydrogens is 382 g/mol. The average molecular weight is 407 g/mol. The number of methoxy groups -OCH3 is 2. The monoisotopic (exact) mass is 407 g/mol. The number of benzene rings is 2. The fraction of sp³-hybridized carbons (Fsp3) is 0.261. The first-order valence-electron chi connectivity index (χ1n) is 9.72. The molecule has 0 atom stereocenters. The molecule has 3 aromatic rings. The van der Waals surface area contributed by atoms with Crippen molar-refractivity contribution >= 4 is 17.6 Å². The zero-order valence-corrected chi connectivity index (χ0v) is 17.1. The summed E-state index contributed by atoms with van der Waals surface area (Å²) in [4.78, 5) is 16.2. The lowest BCUT2D eigenvalue weighted by molar-refractivity contribution is 0.0600. The third kappa shape index (κ3) is 5.33. The second-order valence-electron chi connectivity index (χ2n) is 6.68. The predicted molar refractivity (Wildman–Crippen MR) is 115 cm³/mol. The van der Waals surface area contributed by atoms with Crippen molar-refractivity contribution in [1.29, 1.82) is 0 Å². The molecule has 30 heavy (non-hydrogen) atoms. The number of allylic oxidation sites excluding steroid dienone is 1. The molecule has 2 aromatic carbocycles. The summed E-state index contributed by atoms with van der Waals surface area (Å²) in [5.74, 6) is 1.38. The Morgan fingerprint density at radius 1 is 1.07 bits per heavy atom. The number of hydrogen-bond donors (Lipinski definition) is 1. The van der Waals surface area contributed by atoms with Gasteiger partial charge < -0.3 is 19.7 Å². The summed E-state index contributed by atoms with van der Waals surface area (Å²) >= 11 is 0. The topological polar surface area (TPSA) is 100 Å². The van der Waals surface area contributed by atoms with Gasteiger partial charge >= 0.3 is 5.97 Å². The van der Waals surface area contributed by atoms with Crippen molar-refractivity contribution in [3.05, 3.63) is 65.5 Å². The minimum absolute atomic E-state index is 0.366. The second-order valence-corrected chi connectivity index (χ2v) is 6.68. The van der Waals surface area contributed by atoms with E-state index >= 15 is 0 Å². The Morgan fingerprint density at radius 3 is 2.43 bits per heavy atom.